The molecule has 0 saturated carbocycles. The second-order valence-electron chi connectivity index (χ2n) is 4.15. The van der Waals surface area contributed by atoms with Crippen LogP contribution in [0.15, 0.2) is 48.8 Å². The normalized spacial score (nSPS) is 10.4. The third-order valence-electron chi connectivity index (χ3n) is 2.74. The molecule has 0 saturated heterocycles. The summed E-state index contributed by atoms with van der Waals surface area (Å²) in [6, 6.07) is 11.3. The lowest BCUT2D eigenvalue weighted by atomic mass is 10.3. The molecule has 0 aliphatic carbocycles. The summed E-state index contributed by atoms with van der Waals surface area (Å²) in [7, 11) is 0. The smallest absolute Gasteiger partial charge is 0.273 e. The highest BCUT2D eigenvalue weighted by molar-refractivity contribution is 5.91. The van der Waals surface area contributed by atoms with Crippen molar-refractivity contribution in [2.75, 3.05) is 0 Å². The Kier molecular flexibility index (Phi) is 3.24. The molecular weight excluding hydrogens is 256 g/mol. The number of hydrogen-bond acceptors (Lipinski definition) is 4. The van der Waals surface area contributed by atoms with E-state index in [4.69, 9.17) is 0 Å². The van der Waals surface area contributed by atoms with Crippen LogP contribution in [-0.2, 0) is 6.54 Å². The second-order valence-corrected chi connectivity index (χ2v) is 4.15. The van der Waals surface area contributed by atoms with Crippen molar-refractivity contribution in [3.05, 3.63) is 60.2 Å². The van der Waals surface area contributed by atoms with Gasteiger partial charge >= 0.3 is 0 Å². The van der Waals surface area contributed by atoms with E-state index in [1.165, 1.54) is 0 Å². The van der Waals surface area contributed by atoms with Gasteiger partial charge in [0.25, 0.3) is 5.91 Å². The van der Waals surface area contributed by atoms with E-state index >= 15 is 0 Å². The number of carbonyl (C=O) groups excluding carboxylic acids is 1. The molecule has 1 amide bonds. The van der Waals surface area contributed by atoms with Gasteiger partial charge in [-0.1, -0.05) is 23.4 Å². The van der Waals surface area contributed by atoms with Gasteiger partial charge in [-0.25, -0.2) is 4.68 Å². The molecule has 0 fully saturated rings. The van der Waals surface area contributed by atoms with Gasteiger partial charge in [-0.3, -0.25) is 9.89 Å². The number of hydrogen-bond donors (Lipinski definition) is 2. The maximum atomic E-state index is 11.9. The average Bonchev–Trinajstić information content (AvgIpc) is 3.17. The highest BCUT2D eigenvalue weighted by Crippen LogP contribution is 2.05. The van der Waals surface area contributed by atoms with Crippen molar-refractivity contribution < 1.29 is 4.79 Å². The molecule has 0 unspecified atom stereocenters. The molecule has 2 heterocycles. The van der Waals surface area contributed by atoms with Gasteiger partial charge in [0.1, 0.15) is 0 Å². The van der Waals surface area contributed by atoms with Crippen LogP contribution >= 0.6 is 0 Å². The standard InChI is InChI=1S/C13H12N6O/c20-13(14-8-10-6-7-15-16-10)12-9-19(18-17-12)11-4-2-1-3-5-11/h1-7,9H,8H2,(H,14,20)(H,15,16). The van der Waals surface area contributed by atoms with E-state index < -0.39 is 0 Å². The van der Waals surface area contributed by atoms with Gasteiger partial charge in [0.15, 0.2) is 5.69 Å². The fourth-order valence-corrected chi connectivity index (χ4v) is 1.72. The molecule has 0 bridgehead atoms. The molecule has 3 rings (SSSR count). The van der Waals surface area contributed by atoms with Gasteiger partial charge in [0, 0.05) is 6.20 Å². The van der Waals surface area contributed by atoms with Gasteiger partial charge in [0.05, 0.1) is 24.1 Å². The third kappa shape index (κ3) is 2.56. The molecule has 0 atom stereocenters. The predicted molar refractivity (Wildman–Crippen MR) is 71.1 cm³/mol. The second kappa shape index (κ2) is 5.35. The summed E-state index contributed by atoms with van der Waals surface area (Å²) in [5, 5.41) is 17.1. The maximum absolute atomic E-state index is 11.9. The van der Waals surface area contributed by atoms with Crippen molar-refractivity contribution in [3.8, 4) is 5.69 Å². The number of carbonyl (C=O) groups is 1. The summed E-state index contributed by atoms with van der Waals surface area (Å²) in [5.41, 5.74) is 1.95. The zero-order chi connectivity index (χ0) is 13.8. The molecule has 0 spiro atoms. The van der Waals surface area contributed by atoms with Crippen LogP contribution in [0.5, 0.6) is 0 Å². The number of amides is 1. The molecule has 3 aromatic rings. The fraction of sp³-hybridized carbons (Fsp3) is 0.0769. The number of aromatic amines is 1. The molecule has 2 aromatic heterocycles. The van der Waals surface area contributed by atoms with Crippen molar-refractivity contribution >= 4 is 5.91 Å². The minimum Gasteiger partial charge on any atom is -0.345 e. The Hall–Kier alpha value is -2.96. The lowest BCUT2D eigenvalue weighted by Gasteiger charge is -2.00. The summed E-state index contributed by atoms with van der Waals surface area (Å²) >= 11 is 0. The topological polar surface area (TPSA) is 88.5 Å². The summed E-state index contributed by atoms with van der Waals surface area (Å²) in [6.45, 7) is 0.372. The SMILES string of the molecule is O=C(NCc1ccn[nH]1)c1cn(-c2ccccc2)nn1. The van der Waals surface area contributed by atoms with E-state index in [0.29, 0.717) is 6.54 Å². The van der Waals surface area contributed by atoms with Crippen molar-refractivity contribution in [3.63, 3.8) is 0 Å². The van der Waals surface area contributed by atoms with E-state index in [9.17, 15) is 4.79 Å². The number of H-pyrrole nitrogens is 1. The Bertz CT molecular complexity index is 689. The van der Waals surface area contributed by atoms with Crippen LogP contribution in [-0.4, -0.2) is 31.1 Å². The number of aromatic nitrogens is 5. The largest absolute Gasteiger partial charge is 0.345 e. The highest BCUT2D eigenvalue weighted by Gasteiger charge is 2.11. The highest BCUT2D eigenvalue weighted by atomic mass is 16.2. The molecule has 2 N–H and O–H groups in total. The molecular formula is C13H12N6O. The zero-order valence-electron chi connectivity index (χ0n) is 10.5. The fourth-order valence-electron chi connectivity index (χ4n) is 1.72. The molecule has 7 nitrogen and oxygen atoms in total. The molecule has 1 aromatic carbocycles. The monoisotopic (exact) mass is 268 g/mol. The molecule has 7 heteroatoms. The first-order chi connectivity index (χ1) is 9.83. The van der Waals surface area contributed by atoms with Crippen LogP contribution in [0.25, 0.3) is 5.69 Å². The summed E-state index contributed by atoms with van der Waals surface area (Å²) < 4.78 is 1.56. The van der Waals surface area contributed by atoms with Crippen LogP contribution in [0.4, 0.5) is 0 Å². The van der Waals surface area contributed by atoms with Gasteiger partial charge in [0.2, 0.25) is 0 Å². The van der Waals surface area contributed by atoms with Crippen molar-refractivity contribution in [2.24, 2.45) is 0 Å². The Morgan fingerprint density at radius 2 is 2.10 bits per heavy atom. The van der Waals surface area contributed by atoms with Crippen LogP contribution < -0.4 is 5.32 Å². The van der Waals surface area contributed by atoms with Crippen molar-refractivity contribution in [2.45, 2.75) is 6.54 Å². The van der Waals surface area contributed by atoms with E-state index in [-0.39, 0.29) is 11.6 Å². The molecule has 100 valence electrons. The lowest BCUT2D eigenvalue weighted by molar-refractivity contribution is 0.0945. The van der Waals surface area contributed by atoms with E-state index in [2.05, 4.69) is 25.8 Å². The van der Waals surface area contributed by atoms with Crippen LogP contribution in [0.3, 0.4) is 0 Å². The van der Waals surface area contributed by atoms with Crippen LogP contribution in [0.1, 0.15) is 16.2 Å². The van der Waals surface area contributed by atoms with Crippen LogP contribution in [0.2, 0.25) is 0 Å². The first kappa shape index (κ1) is 12.1. The number of nitrogens with one attached hydrogen (secondary N) is 2. The summed E-state index contributed by atoms with van der Waals surface area (Å²) in [4.78, 5) is 11.9. The molecule has 20 heavy (non-hydrogen) atoms. The average molecular weight is 268 g/mol. The molecule has 0 aliphatic rings. The van der Waals surface area contributed by atoms with Gasteiger partial charge in [-0.2, -0.15) is 5.10 Å². The first-order valence-electron chi connectivity index (χ1n) is 6.07. The lowest BCUT2D eigenvalue weighted by Crippen LogP contribution is -2.23. The first-order valence-corrected chi connectivity index (χ1v) is 6.07. The van der Waals surface area contributed by atoms with Gasteiger partial charge < -0.3 is 5.32 Å². The van der Waals surface area contributed by atoms with Crippen LogP contribution in [0, 0.1) is 0 Å². The van der Waals surface area contributed by atoms with Crippen molar-refractivity contribution in [1.29, 1.82) is 0 Å². The van der Waals surface area contributed by atoms with E-state index in [0.717, 1.165) is 11.4 Å². The third-order valence-corrected chi connectivity index (χ3v) is 2.74. The Balaban J connectivity index is 1.69. The summed E-state index contributed by atoms with van der Waals surface area (Å²) in [6.07, 6.45) is 3.23. The number of rotatable bonds is 4. The Morgan fingerprint density at radius 1 is 1.25 bits per heavy atom. The molecule has 0 radical (unpaired) electrons. The Morgan fingerprint density at radius 3 is 2.85 bits per heavy atom. The number of benzene rings is 1. The number of para-hydroxylation sites is 1. The number of nitrogens with zero attached hydrogens (tertiary/aromatic N) is 4. The van der Waals surface area contributed by atoms with Gasteiger partial charge in [-0.15, -0.1) is 5.10 Å². The molecule has 0 aliphatic heterocycles. The Labute approximate surface area is 114 Å². The zero-order valence-corrected chi connectivity index (χ0v) is 10.5. The van der Waals surface area contributed by atoms with Crippen molar-refractivity contribution in [1.82, 2.24) is 30.5 Å². The quantitative estimate of drug-likeness (QED) is 0.736. The van der Waals surface area contributed by atoms with Gasteiger partial charge in [-0.05, 0) is 18.2 Å². The van der Waals surface area contributed by atoms with E-state index in [1.54, 1.807) is 23.1 Å². The maximum Gasteiger partial charge on any atom is 0.273 e. The summed E-state index contributed by atoms with van der Waals surface area (Å²) in [5.74, 6) is -0.276. The predicted octanol–water partition coefficient (Wildman–Crippen LogP) is 0.920. The van der Waals surface area contributed by atoms with E-state index in [1.807, 2.05) is 30.3 Å². The minimum atomic E-state index is -0.276. The minimum absolute atomic E-state index is 0.272.